The Hall–Kier alpha value is -3.67. The third kappa shape index (κ3) is 9.71. The average molecular weight is 865 g/mol. The third-order valence-corrected chi connectivity index (χ3v) is 12.1. The molecule has 2 heterocycles. The molecule has 2 aliphatic rings. The Morgan fingerprint density at radius 1 is 0.696 bits per heavy atom. The van der Waals surface area contributed by atoms with E-state index in [0.29, 0.717) is 37.5 Å². The highest BCUT2D eigenvalue weighted by Crippen LogP contribution is 2.53. The van der Waals surface area contributed by atoms with E-state index in [1.54, 1.807) is 6.08 Å². The van der Waals surface area contributed by atoms with Gasteiger partial charge in [0.25, 0.3) is 0 Å². The summed E-state index contributed by atoms with van der Waals surface area (Å²) in [7, 11) is 0. The molecule has 2 bridgehead atoms. The van der Waals surface area contributed by atoms with Crippen molar-refractivity contribution >= 4 is 22.6 Å². The highest BCUT2D eigenvalue weighted by atomic mass is 127. The van der Waals surface area contributed by atoms with Crippen LogP contribution in [0.15, 0.2) is 146 Å². The minimum absolute atomic E-state index is 0.344. The molecule has 7 heteroatoms. The first-order valence-electron chi connectivity index (χ1n) is 19.7. The summed E-state index contributed by atoms with van der Waals surface area (Å²) in [4.78, 5) is 0. The quantitative estimate of drug-likeness (QED) is 0.0336. The zero-order valence-corrected chi connectivity index (χ0v) is 34.5. The molecule has 2 fully saturated rings. The molecule has 56 heavy (non-hydrogen) atoms. The zero-order valence-electron chi connectivity index (χ0n) is 32.3. The monoisotopic (exact) mass is 864 g/mol. The molecule has 5 aromatic rings. The minimum atomic E-state index is -1.23. The van der Waals surface area contributed by atoms with Crippen LogP contribution in [-0.2, 0) is 66.9 Å². The number of halogens is 1. The van der Waals surface area contributed by atoms with Crippen LogP contribution in [0.4, 0.5) is 0 Å². The van der Waals surface area contributed by atoms with Crippen LogP contribution in [-0.4, -0.2) is 48.2 Å². The van der Waals surface area contributed by atoms with Crippen LogP contribution in [0.5, 0.6) is 0 Å². The molecule has 2 aliphatic heterocycles. The standard InChI is InChI=1S/C49H53IO6/c1-3-28-51-29-14-13-15-38-23-25-39(26-24-38)30-43-31-44(27-22-37(43)2)49-47(54-34-42-20-11-6-12-21-42)45(52-32-40-16-7-4-8-17-40)46(48(35-50,56-49)36-55-49)53-33-41-18-9-5-10-19-41/h3-12,16-27,31,45-47H,1,13-15,28-30,32-36H2,2H3/t45-,46-,47+,48-,49-/m0/s1. The van der Waals surface area contributed by atoms with Crippen LogP contribution < -0.4 is 0 Å². The minimum Gasteiger partial charge on any atom is -0.377 e. The molecule has 0 aromatic heterocycles. The van der Waals surface area contributed by atoms with Crippen molar-refractivity contribution in [3.05, 3.63) is 191 Å². The van der Waals surface area contributed by atoms with E-state index in [-0.39, 0.29) is 0 Å². The maximum absolute atomic E-state index is 7.35. The summed E-state index contributed by atoms with van der Waals surface area (Å²) in [6, 6.07) is 46.4. The molecular formula is C49H53IO6. The van der Waals surface area contributed by atoms with E-state index in [0.717, 1.165) is 54.5 Å². The number of fused-ring (bicyclic) bond motifs is 2. The van der Waals surface area contributed by atoms with Crippen LogP contribution in [0.2, 0.25) is 0 Å². The lowest BCUT2D eigenvalue weighted by Gasteiger charge is -2.50. The lowest BCUT2D eigenvalue weighted by Crippen LogP contribution is -2.67. The summed E-state index contributed by atoms with van der Waals surface area (Å²) in [6.45, 7) is 8.79. The number of unbranched alkanes of at least 4 members (excludes halogenated alkanes) is 1. The second-order valence-corrected chi connectivity index (χ2v) is 15.7. The van der Waals surface area contributed by atoms with Crippen molar-refractivity contribution in [1.82, 2.24) is 0 Å². The summed E-state index contributed by atoms with van der Waals surface area (Å²) < 4.78 is 41.5. The molecule has 0 aliphatic carbocycles. The van der Waals surface area contributed by atoms with Gasteiger partial charge in [-0.1, -0.05) is 156 Å². The van der Waals surface area contributed by atoms with Crippen LogP contribution in [0.3, 0.4) is 0 Å². The van der Waals surface area contributed by atoms with Gasteiger partial charge in [0.15, 0.2) is 0 Å². The van der Waals surface area contributed by atoms with Gasteiger partial charge in [-0.25, -0.2) is 0 Å². The van der Waals surface area contributed by atoms with Crippen molar-refractivity contribution in [2.24, 2.45) is 0 Å². The predicted octanol–water partition coefficient (Wildman–Crippen LogP) is 10.3. The SMILES string of the molecule is C=CCOCCCCc1ccc(Cc2cc([C@]34OC[C@](CI)(O3)[C@@H](OCc3ccccc3)[C@H](OCc3ccccc3)[C@H]4OCc3ccccc3)ccc2C)cc1. The molecule has 0 spiro atoms. The van der Waals surface area contributed by atoms with E-state index < -0.39 is 29.7 Å². The fourth-order valence-electron chi connectivity index (χ4n) is 7.73. The Morgan fingerprint density at radius 3 is 1.89 bits per heavy atom. The van der Waals surface area contributed by atoms with E-state index in [1.807, 2.05) is 54.6 Å². The van der Waals surface area contributed by atoms with Gasteiger partial charge in [-0.2, -0.15) is 0 Å². The Morgan fingerprint density at radius 2 is 1.29 bits per heavy atom. The topological polar surface area (TPSA) is 55.4 Å². The number of rotatable bonds is 20. The fraction of sp³-hybridized carbons (Fsp3) is 0.347. The van der Waals surface area contributed by atoms with Gasteiger partial charge in [-0.05, 0) is 77.6 Å². The highest BCUT2D eigenvalue weighted by Gasteiger charge is 2.69. The predicted molar refractivity (Wildman–Crippen MR) is 230 cm³/mol. The van der Waals surface area contributed by atoms with Gasteiger partial charge in [-0.3, -0.25) is 0 Å². The lowest BCUT2D eigenvalue weighted by molar-refractivity contribution is -0.345. The summed E-state index contributed by atoms with van der Waals surface area (Å²) in [6.07, 6.45) is 4.13. The number of ether oxygens (including phenoxy) is 6. The van der Waals surface area contributed by atoms with Crippen LogP contribution in [0, 0.1) is 6.92 Å². The molecule has 0 radical (unpaired) electrons. The highest BCUT2D eigenvalue weighted by molar-refractivity contribution is 14.1. The molecule has 5 atom stereocenters. The van der Waals surface area contributed by atoms with Crippen LogP contribution in [0.1, 0.15) is 57.3 Å². The molecule has 0 unspecified atom stereocenters. The summed E-state index contributed by atoms with van der Waals surface area (Å²) in [5, 5.41) is 0. The first-order chi connectivity index (χ1) is 27.5. The molecule has 2 saturated heterocycles. The zero-order chi connectivity index (χ0) is 38.6. The average Bonchev–Trinajstić information content (AvgIpc) is 3.60. The maximum atomic E-state index is 7.35. The van der Waals surface area contributed by atoms with Gasteiger partial charge in [0, 0.05) is 16.6 Å². The van der Waals surface area contributed by atoms with Gasteiger partial charge in [0.05, 0.1) is 33.0 Å². The molecule has 6 nitrogen and oxygen atoms in total. The summed E-state index contributed by atoms with van der Waals surface area (Å²) >= 11 is 2.42. The first kappa shape index (κ1) is 40.5. The largest absolute Gasteiger partial charge is 0.377 e. The molecule has 0 N–H and O–H groups in total. The summed E-state index contributed by atoms with van der Waals surface area (Å²) in [5.74, 6) is -1.23. The van der Waals surface area contributed by atoms with E-state index in [2.05, 4.69) is 115 Å². The Balaban J connectivity index is 1.20. The van der Waals surface area contributed by atoms with Gasteiger partial charge in [-0.15, -0.1) is 6.58 Å². The van der Waals surface area contributed by atoms with Crippen molar-refractivity contribution in [2.75, 3.05) is 24.2 Å². The fourth-order valence-corrected chi connectivity index (χ4v) is 8.54. The first-order valence-corrected chi connectivity index (χ1v) is 21.3. The number of hydrogen-bond donors (Lipinski definition) is 0. The molecule has 0 amide bonds. The lowest BCUT2D eigenvalue weighted by atomic mass is 9.83. The van der Waals surface area contributed by atoms with Gasteiger partial charge in [0.1, 0.15) is 23.9 Å². The van der Waals surface area contributed by atoms with E-state index in [9.17, 15) is 0 Å². The smallest absolute Gasteiger partial charge is 0.225 e. The second-order valence-electron chi connectivity index (χ2n) is 14.9. The Bertz CT molecular complexity index is 1960. The van der Waals surface area contributed by atoms with Crippen molar-refractivity contribution in [1.29, 1.82) is 0 Å². The number of alkyl halides is 1. The number of aryl methyl sites for hydroxylation is 2. The van der Waals surface area contributed by atoms with Crippen molar-refractivity contribution in [3.63, 3.8) is 0 Å². The van der Waals surface area contributed by atoms with Crippen LogP contribution in [0.25, 0.3) is 0 Å². The second kappa shape index (κ2) is 19.7. The normalized spacial score (nSPS) is 22.9. The third-order valence-electron chi connectivity index (χ3n) is 10.8. The van der Waals surface area contributed by atoms with Crippen molar-refractivity contribution in [3.8, 4) is 0 Å². The summed E-state index contributed by atoms with van der Waals surface area (Å²) in [5.41, 5.74) is 8.40. The molecule has 0 saturated carbocycles. The van der Waals surface area contributed by atoms with Crippen molar-refractivity contribution in [2.45, 2.75) is 82.1 Å². The maximum Gasteiger partial charge on any atom is 0.225 e. The Kier molecular flexibility index (Phi) is 14.2. The van der Waals surface area contributed by atoms with Crippen molar-refractivity contribution < 1.29 is 28.4 Å². The molecule has 5 aromatic carbocycles. The Labute approximate surface area is 346 Å². The van der Waals surface area contributed by atoms with Crippen LogP contribution >= 0.6 is 22.6 Å². The van der Waals surface area contributed by atoms with Gasteiger partial charge in [0.2, 0.25) is 5.79 Å². The van der Waals surface area contributed by atoms with E-state index in [1.165, 1.54) is 22.3 Å². The van der Waals surface area contributed by atoms with E-state index in [4.69, 9.17) is 28.4 Å². The van der Waals surface area contributed by atoms with Gasteiger partial charge >= 0.3 is 0 Å². The molecular weight excluding hydrogens is 811 g/mol. The molecule has 7 rings (SSSR count). The van der Waals surface area contributed by atoms with Gasteiger partial charge < -0.3 is 28.4 Å². The number of benzene rings is 5. The number of hydrogen-bond acceptors (Lipinski definition) is 6. The molecule has 292 valence electrons. The van der Waals surface area contributed by atoms with E-state index >= 15 is 0 Å².